The topological polar surface area (TPSA) is 73.9 Å². The molecule has 0 fully saturated rings. The van der Waals surface area contributed by atoms with Gasteiger partial charge in [0, 0.05) is 16.1 Å². The normalized spacial score (nSPS) is 11.2. The molecule has 0 radical (unpaired) electrons. The molecule has 0 atom stereocenters. The maximum atomic E-state index is 12.1. The number of benzene rings is 2. The average Bonchev–Trinajstić information content (AvgIpc) is 2.52. The van der Waals surface area contributed by atoms with Crippen molar-refractivity contribution in [3.8, 4) is 5.75 Å². The first-order valence-electron chi connectivity index (χ1n) is 6.58. The highest BCUT2D eigenvalue weighted by Gasteiger charge is 2.14. The number of hydrogen-bond acceptors (Lipinski definition) is 4. The molecular weight excluding hydrogens is 339 g/mol. The summed E-state index contributed by atoms with van der Waals surface area (Å²) in [5, 5.41) is 4.41. The number of hydrogen-bond donors (Lipinski definition) is 1. The van der Waals surface area contributed by atoms with E-state index in [0.717, 1.165) is 0 Å². The number of rotatable bonds is 4. The molecule has 0 saturated heterocycles. The third-order valence-electron chi connectivity index (χ3n) is 3.16. The van der Waals surface area contributed by atoms with Crippen LogP contribution in [-0.2, 0) is 4.84 Å². The van der Waals surface area contributed by atoms with E-state index in [4.69, 9.17) is 38.5 Å². The maximum Gasteiger partial charge on any atom is 0.366 e. The lowest BCUT2D eigenvalue weighted by atomic mass is 10.1. The summed E-state index contributed by atoms with van der Waals surface area (Å²) in [6, 6.07) is 9.77. The summed E-state index contributed by atoms with van der Waals surface area (Å²) < 4.78 is 5.16. The number of ether oxygens (including phenoxy) is 1. The minimum absolute atomic E-state index is 0.0273. The van der Waals surface area contributed by atoms with Gasteiger partial charge in [-0.2, -0.15) is 0 Å². The SMILES string of the molecule is COc1cccc(C(=O)O/N=C(\N)c2ccc(Cl)cc2Cl)c1C. The molecule has 0 unspecified atom stereocenters. The fourth-order valence-electron chi connectivity index (χ4n) is 1.94. The second kappa shape index (κ2) is 7.35. The minimum atomic E-state index is -0.644. The van der Waals surface area contributed by atoms with Crippen molar-refractivity contribution < 1.29 is 14.4 Å². The maximum absolute atomic E-state index is 12.1. The van der Waals surface area contributed by atoms with Gasteiger partial charge in [0.2, 0.25) is 0 Å². The zero-order chi connectivity index (χ0) is 17.0. The summed E-state index contributed by atoms with van der Waals surface area (Å²) in [4.78, 5) is 17.0. The number of amidine groups is 1. The number of nitrogens with zero attached hydrogens (tertiary/aromatic N) is 1. The Kier molecular flexibility index (Phi) is 5.47. The molecule has 2 N–H and O–H groups in total. The van der Waals surface area contributed by atoms with Crippen LogP contribution in [0, 0.1) is 6.92 Å². The molecule has 2 aromatic rings. The molecule has 0 aromatic heterocycles. The highest BCUT2D eigenvalue weighted by Crippen LogP contribution is 2.22. The molecule has 120 valence electrons. The number of oxime groups is 1. The van der Waals surface area contributed by atoms with Crippen LogP contribution in [0.3, 0.4) is 0 Å². The molecule has 7 heteroatoms. The van der Waals surface area contributed by atoms with E-state index >= 15 is 0 Å². The predicted octanol–water partition coefficient (Wildman–Crippen LogP) is 3.79. The van der Waals surface area contributed by atoms with Crippen LogP contribution in [0.4, 0.5) is 0 Å². The van der Waals surface area contributed by atoms with Gasteiger partial charge in [0.05, 0.1) is 17.7 Å². The predicted molar refractivity (Wildman–Crippen MR) is 90.3 cm³/mol. The van der Waals surface area contributed by atoms with E-state index in [2.05, 4.69) is 5.16 Å². The molecule has 0 amide bonds. The monoisotopic (exact) mass is 352 g/mol. The molecule has 2 rings (SSSR count). The third kappa shape index (κ3) is 3.94. The van der Waals surface area contributed by atoms with Gasteiger partial charge in [0.25, 0.3) is 0 Å². The largest absolute Gasteiger partial charge is 0.496 e. The van der Waals surface area contributed by atoms with Gasteiger partial charge in [-0.1, -0.05) is 34.4 Å². The summed E-state index contributed by atoms with van der Waals surface area (Å²) in [6.07, 6.45) is 0. The molecule has 0 bridgehead atoms. The molecule has 0 aliphatic heterocycles. The first-order valence-corrected chi connectivity index (χ1v) is 7.33. The smallest absolute Gasteiger partial charge is 0.366 e. The Balaban J connectivity index is 2.20. The van der Waals surface area contributed by atoms with Gasteiger partial charge in [-0.05, 0) is 37.3 Å². The average molecular weight is 353 g/mol. The lowest BCUT2D eigenvalue weighted by Crippen LogP contribution is -2.16. The third-order valence-corrected chi connectivity index (χ3v) is 3.71. The van der Waals surface area contributed by atoms with E-state index in [1.165, 1.54) is 13.2 Å². The molecule has 23 heavy (non-hydrogen) atoms. The van der Waals surface area contributed by atoms with Gasteiger partial charge in [0.15, 0.2) is 5.84 Å². The number of halogens is 2. The van der Waals surface area contributed by atoms with Crippen LogP contribution < -0.4 is 10.5 Å². The highest BCUT2D eigenvalue weighted by molar-refractivity contribution is 6.36. The van der Waals surface area contributed by atoms with Crippen molar-refractivity contribution in [1.82, 2.24) is 0 Å². The van der Waals surface area contributed by atoms with Crippen molar-refractivity contribution in [2.45, 2.75) is 6.92 Å². The zero-order valence-corrected chi connectivity index (χ0v) is 14.0. The zero-order valence-electron chi connectivity index (χ0n) is 12.5. The lowest BCUT2D eigenvalue weighted by molar-refractivity contribution is 0.0514. The Hall–Kier alpha value is -2.24. The fraction of sp³-hybridized carbons (Fsp3) is 0.125. The summed E-state index contributed by atoms with van der Waals surface area (Å²) in [6.45, 7) is 1.75. The number of nitrogens with two attached hydrogens (primary N) is 1. The molecule has 0 aliphatic rings. The molecule has 0 aliphatic carbocycles. The van der Waals surface area contributed by atoms with Gasteiger partial charge in [-0.3, -0.25) is 0 Å². The molecule has 5 nitrogen and oxygen atoms in total. The van der Waals surface area contributed by atoms with E-state index in [1.807, 2.05) is 0 Å². The van der Waals surface area contributed by atoms with E-state index in [9.17, 15) is 4.79 Å². The van der Waals surface area contributed by atoms with Gasteiger partial charge in [-0.15, -0.1) is 0 Å². The Morgan fingerprint density at radius 3 is 2.57 bits per heavy atom. The van der Waals surface area contributed by atoms with Crippen LogP contribution in [0.2, 0.25) is 10.0 Å². The first-order chi connectivity index (χ1) is 10.9. The molecule has 0 spiro atoms. The van der Waals surface area contributed by atoms with Crippen LogP contribution in [0.5, 0.6) is 5.75 Å². The Labute approximate surface area is 143 Å². The van der Waals surface area contributed by atoms with Crippen LogP contribution in [0.25, 0.3) is 0 Å². The van der Waals surface area contributed by atoms with Crippen molar-refractivity contribution in [2.75, 3.05) is 7.11 Å². The number of carbonyl (C=O) groups excluding carboxylic acids is 1. The van der Waals surface area contributed by atoms with Crippen molar-refractivity contribution in [3.05, 3.63) is 63.1 Å². The summed E-state index contributed by atoms with van der Waals surface area (Å²) in [5.41, 5.74) is 7.20. The van der Waals surface area contributed by atoms with Crippen molar-refractivity contribution in [1.29, 1.82) is 0 Å². The van der Waals surface area contributed by atoms with Gasteiger partial charge >= 0.3 is 5.97 Å². The van der Waals surface area contributed by atoms with E-state index < -0.39 is 5.97 Å². The van der Waals surface area contributed by atoms with Crippen LogP contribution >= 0.6 is 23.2 Å². The van der Waals surface area contributed by atoms with Gasteiger partial charge in [-0.25, -0.2) is 4.79 Å². The summed E-state index contributed by atoms with van der Waals surface area (Å²) >= 11 is 11.8. The summed E-state index contributed by atoms with van der Waals surface area (Å²) in [7, 11) is 1.52. The van der Waals surface area contributed by atoms with Gasteiger partial charge < -0.3 is 15.3 Å². The lowest BCUT2D eigenvalue weighted by Gasteiger charge is -2.08. The minimum Gasteiger partial charge on any atom is -0.496 e. The molecule has 0 saturated carbocycles. The molecule has 0 heterocycles. The molecular formula is C16H14Cl2N2O3. The second-order valence-corrected chi connectivity index (χ2v) is 5.46. The first kappa shape index (κ1) is 17.1. The van der Waals surface area contributed by atoms with E-state index in [1.54, 1.807) is 37.3 Å². The van der Waals surface area contributed by atoms with E-state index in [0.29, 0.717) is 32.5 Å². The van der Waals surface area contributed by atoms with Crippen LogP contribution in [0.15, 0.2) is 41.6 Å². The number of methoxy groups -OCH3 is 1. The standard InChI is InChI=1S/C16H14Cl2N2O3/c1-9-11(4-3-5-14(9)22-2)16(21)23-20-15(19)12-7-6-10(17)8-13(12)18/h3-8H,1-2H3,(H2,19,20). The van der Waals surface area contributed by atoms with Crippen molar-refractivity contribution >= 4 is 35.0 Å². The Morgan fingerprint density at radius 1 is 1.17 bits per heavy atom. The van der Waals surface area contributed by atoms with Crippen molar-refractivity contribution in [2.24, 2.45) is 10.9 Å². The molecule has 2 aromatic carbocycles. The van der Waals surface area contributed by atoms with E-state index in [-0.39, 0.29) is 5.84 Å². The highest BCUT2D eigenvalue weighted by atomic mass is 35.5. The second-order valence-electron chi connectivity index (χ2n) is 4.61. The van der Waals surface area contributed by atoms with Gasteiger partial charge in [0.1, 0.15) is 5.75 Å². The fourth-order valence-corrected chi connectivity index (χ4v) is 2.45. The van der Waals surface area contributed by atoms with Crippen LogP contribution in [-0.4, -0.2) is 18.9 Å². The Bertz CT molecular complexity index is 776. The Morgan fingerprint density at radius 2 is 1.91 bits per heavy atom. The number of carbonyl (C=O) groups is 1. The van der Waals surface area contributed by atoms with Crippen LogP contribution in [0.1, 0.15) is 21.5 Å². The van der Waals surface area contributed by atoms with Crippen molar-refractivity contribution in [3.63, 3.8) is 0 Å². The summed E-state index contributed by atoms with van der Waals surface area (Å²) in [5.74, 6) is -0.0906. The quantitative estimate of drug-likeness (QED) is 0.393.